The van der Waals surface area contributed by atoms with Gasteiger partial charge in [0.15, 0.2) is 0 Å². The van der Waals surface area contributed by atoms with Crippen molar-refractivity contribution in [2.24, 2.45) is 0 Å². The van der Waals surface area contributed by atoms with Crippen LogP contribution >= 0.6 is 22.9 Å². The van der Waals surface area contributed by atoms with Gasteiger partial charge >= 0.3 is 0 Å². The fourth-order valence-electron chi connectivity index (χ4n) is 3.69. The first-order chi connectivity index (χ1) is 13.0. The number of likely N-dealkylation sites (tertiary alicyclic amines) is 1. The van der Waals surface area contributed by atoms with Gasteiger partial charge in [-0.25, -0.2) is 18.7 Å². The van der Waals surface area contributed by atoms with Gasteiger partial charge in [0.2, 0.25) is 0 Å². The number of fused-ring (bicyclic) bond motifs is 1. The molecule has 0 amide bonds. The Morgan fingerprint density at radius 3 is 2.56 bits per heavy atom. The van der Waals surface area contributed by atoms with Crippen LogP contribution in [0, 0.1) is 11.6 Å². The van der Waals surface area contributed by atoms with Crippen LogP contribution in [0.5, 0.6) is 0 Å². The molecule has 1 aromatic carbocycles. The summed E-state index contributed by atoms with van der Waals surface area (Å²) in [6.45, 7) is 2.29. The summed E-state index contributed by atoms with van der Waals surface area (Å²) in [5.74, 6) is -0.155. The zero-order valence-corrected chi connectivity index (χ0v) is 16.4. The van der Waals surface area contributed by atoms with E-state index >= 15 is 0 Å². The first kappa shape index (κ1) is 18.5. The van der Waals surface area contributed by atoms with Crippen LogP contribution in [-0.4, -0.2) is 41.0 Å². The number of nitrogens with zero attached hydrogens (tertiary/aromatic N) is 4. The van der Waals surface area contributed by atoms with E-state index in [4.69, 9.17) is 11.6 Å². The summed E-state index contributed by atoms with van der Waals surface area (Å²) in [6.07, 6.45) is 3.49. The molecule has 27 heavy (non-hydrogen) atoms. The lowest BCUT2D eigenvalue weighted by Crippen LogP contribution is -2.43. The molecule has 1 aliphatic rings. The molecule has 3 aromatic rings. The lowest BCUT2D eigenvalue weighted by atomic mass is 10.0. The maximum Gasteiger partial charge on any atom is 0.140 e. The van der Waals surface area contributed by atoms with Crippen LogP contribution in [0.3, 0.4) is 0 Å². The van der Waals surface area contributed by atoms with E-state index in [-0.39, 0.29) is 0 Å². The van der Waals surface area contributed by atoms with Crippen molar-refractivity contribution in [1.82, 2.24) is 14.9 Å². The number of aromatic nitrogens is 2. The summed E-state index contributed by atoms with van der Waals surface area (Å²) in [5, 5.41) is 0.979. The van der Waals surface area contributed by atoms with Crippen LogP contribution in [0.25, 0.3) is 10.2 Å². The molecule has 2 aromatic heterocycles. The highest BCUT2D eigenvalue weighted by atomic mass is 35.5. The van der Waals surface area contributed by atoms with Crippen LogP contribution in [0.1, 0.15) is 18.4 Å². The molecule has 3 heterocycles. The molecule has 142 valence electrons. The molecule has 1 aliphatic heterocycles. The lowest BCUT2D eigenvalue weighted by molar-refractivity contribution is 0.203. The summed E-state index contributed by atoms with van der Waals surface area (Å²) in [6, 6.07) is 5.98. The standard InChI is InChI=1S/C19H19ClF2N4S/c1-25(18-16-9-17(20)27-19(16)24-11-23-18)15-2-4-26(5-3-15)10-12-6-13(21)8-14(22)7-12/h6-9,11,15H,2-5,10H2,1H3. The Bertz CT molecular complexity index is 936. The number of halogens is 3. The molecule has 4 nitrogen and oxygen atoms in total. The maximum atomic E-state index is 13.4. The summed E-state index contributed by atoms with van der Waals surface area (Å²) in [5.41, 5.74) is 0.671. The predicted molar refractivity (Wildman–Crippen MR) is 105 cm³/mol. The van der Waals surface area contributed by atoms with E-state index in [0.29, 0.717) is 22.5 Å². The van der Waals surface area contributed by atoms with E-state index in [9.17, 15) is 8.78 Å². The fourth-order valence-corrected chi connectivity index (χ4v) is 4.74. The van der Waals surface area contributed by atoms with E-state index in [0.717, 1.165) is 48.0 Å². The quantitative estimate of drug-likeness (QED) is 0.625. The smallest absolute Gasteiger partial charge is 0.140 e. The second-order valence-corrected chi connectivity index (χ2v) is 8.52. The highest BCUT2D eigenvalue weighted by Gasteiger charge is 2.25. The molecule has 0 unspecified atom stereocenters. The predicted octanol–water partition coefficient (Wildman–Crippen LogP) is 4.72. The summed E-state index contributed by atoms with van der Waals surface area (Å²) < 4.78 is 27.5. The number of benzene rings is 1. The average Bonchev–Trinajstić information content (AvgIpc) is 3.01. The van der Waals surface area contributed by atoms with Crippen LogP contribution in [-0.2, 0) is 6.54 Å². The zero-order valence-electron chi connectivity index (χ0n) is 14.8. The monoisotopic (exact) mass is 408 g/mol. The molecular formula is C19H19ClF2N4S. The molecule has 0 spiro atoms. The summed E-state index contributed by atoms with van der Waals surface area (Å²) in [7, 11) is 2.05. The van der Waals surface area contributed by atoms with Crippen molar-refractivity contribution in [3.8, 4) is 0 Å². The highest BCUT2D eigenvalue weighted by molar-refractivity contribution is 7.22. The lowest BCUT2D eigenvalue weighted by Gasteiger charge is -2.37. The third-order valence-electron chi connectivity index (χ3n) is 5.05. The molecule has 4 rings (SSSR count). The van der Waals surface area contributed by atoms with Crippen LogP contribution < -0.4 is 4.90 Å². The van der Waals surface area contributed by atoms with Crippen molar-refractivity contribution in [3.63, 3.8) is 0 Å². The molecular weight excluding hydrogens is 390 g/mol. The topological polar surface area (TPSA) is 32.3 Å². The first-order valence-electron chi connectivity index (χ1n) is 8.80. The number of rotatable bonds is 4. The van der Waals surface area contributed by atoms with Gasteiger partial charge in [-0.1, -0.05) is 11.6 Å². The number of hydrogen-bond acceptors (Lipinski definition) is 5. The van der Waals surface area contributed by atoms with Crippen LogP contribution in [0.4, 0.5) is 14.6 Å². The van der Waals surface area contributed by atoms with Gasteiger partial charge in [0, 0.05) is 38.8 Å². The molecule has 0 saturated carbocycles. The first-order valence-corrected chi connectivity index (χ1v) is 9.99. The van der Waals surface area contributed by atoms with Crippen molar-refractivity contribution in [1.29, 1.82) is 0 Å². The van der Waals surface area contributed by atoms with Gasteiger partial charge in [-0.3, -0.25) is 4.90 Å². The largest absolute Gasteiger partial charge is 0.356 e. The zero-order chi connectivity index (χ0) is 19.0. The molecule has 0 atom stereocenters. The minimum atomic E-state index is -0.526. The van der Waals surface area contributed by atoms with Crippen molar-refractivity contribution >= 4 is 39.0 Å². The summed E-state index contributed by atoms with van der Waals surface area (Å²) in [4.78, 5) is 14.1. The Balaban J connectivity index is 1.42. The highest BCUT2D eigenvalue weighted by Crippen LogP contribution is 2.34. The summed E-state index contributed by atoms with van der Waals surface area (Å²) >= 11 is 7.59. The van der Waals surface area contributed by atoms with Gasteiger partial charge < -0.3 is 4.90 Å². The molecule has 0 bridgehead atoms. The second kappa shape index (κ2) is 7.66. The van der Waals surface area contributed by atoms with Gasteiger partial charge in [0.25, 0.3) is 0 Å². The van der Waals surface area contributed by atoms with Crippen molar-refractivity contribution < 1.29 is 8.78 Å². The average molecular weight is 409 g/mol. The van der Waals surface area contributed by atoms with Gasteiger partial charge in [0.05, 0.1) is 9.72 Å². The SMILES string of the molecule is CN(c1ncnc2sc(Cl)cc12)C1CCN(Cc2cc(F)cc(F)c2)CC1. The van der Waals surface area contributed by atoms with E-state index in [1.807, 2.05) is 6.07 Å². The third-order valence-corrected chi connectivity index (χ3v) is 6.22. The van der Waals surface area contributed by atoms with E-state index < -0.39 is 11.6 Å². The van der Waals surface area contributed by atoms with Crippen molar-refractivity contribution in [2.45, 2.75) is 25.4 Å². The van der Waals surface area contributed by atoms with Crippen molar-refractivity contribution in [2.75, 3.05) is 25.0 Å². The van der Waals surface area contributed by atoms with Gasteiger partial charge in [-0.2, -0.15) is 0 Å². The number of anilines is 1. The van der Waals surface area contributed by atoms with Crippen LogP contribution in [0.2, 0.25) is 4.34 Å². The second-order valence-electron chi connectivity index (χ2n) is 6.86. The van der Waals surface area contributed by atoms with E-state index in [1.165, 1.54) is 23.5 Å². The van der Waals surface area contributed by atoms with E-state index in [2.05, 4.69) is 26.8 Å². The number of piperidine rings is 1. The minimum Gasteiger partial charge on any atom is -0.356 e. The van der Waals surface area contributed by atoms with Gasteiger partial charge in [0.1, 0.15) is 28.6 Å². The molecule has 1 fully saturated rings. The van der Waals surface area contributed by atoms with Crippen LogP contribution in [0.15, 0.2) is 30.6 Å². The minimum absolute atomic E-state index is 0.349. The number of hydrogen-bond donors (Lipinski definition) is 0. The Morgan fingerprint density at radius 2 is 1.85 bits per heavy atom. The Hall–Kier alpha value is -1.83. The Kier molecular flexibility index (Phi) is 5.25. The molecule has 0 N–H and O–H groups in total. The normalized spacial score (nSPS) is 16.1. The van der Waals surface area contributed by atoms with Gasteiger partial charge in [-0.15, -0.1) is 11.3 Å². The molecule has 0 aliphatic carbocycles. The molecule has 8 heteroatoms. The Labute approximate surface area is 165 Å². The fraction of sp³-hybridized carbons (Fsp3) is 0.368. The molecule has 0 radical (unpaired) electrons. The number of thiophene rings is 1. The maximum absolute atomic E-state index is 13.4. The van der Waals surface area contributed by atoms with E-state index in [1.54, 1.807) is 6.33 Å². The Morgan fingerprint density at radius 1 is 1.15 bits per heavy atom. The third kappa shape index (κ3) is 4.05. The van der Waals surface area contributed by atoms with Gasteiger partial charge in [-0.05, 0) is 36.6 Å². The molecule has 1 saturated heterocycles. The van der Waals surface area contributed by atoms with Crippen molar-refractivity contribution in [3.05, 3.63) is 52.1 Å².